The predicted molar refractivity (Wildman–Crippen MR) is 104 cm³/mol. The minimum Gasteiger partial charge on any atom is -0.493 e. The zero-order valence-corrected chi connectivity index (χ0v) is 16.4. The fourth-order valence-electron chi connectivity index (χ4n) is 1.79. The molecule has 0 aliphatic heterocycles. The van der Waals surface area contributed by atoms with Crippen molar-refractivity contribution in [1.82, 2.24) is 5.32 Å². The van der Waals surface area contributed by atoms with Gasteiger partial charge in [0.15, 0.2) is 17.5 Å². The first-order valence-corrected chi connectivity index (χ1v) is 7.58. The van der Waals surface area contributed by atoms with Crippen molar-refractivity contribution in [3.05, 3.63) is 24.3 Å². The Labute approximate surface area is 155 Å². The SMILES string of the molecule is CCOCCCNC(N)=NCC(C)Oc1ccccc1OC.I. The van der Waals surface area contributed by atoms with Crippen LogP contribution in [0.25, 0.3) is 0 Å². The van der Waals surface area contributed by atoms with Crippen molar-refractivity contribution >= 4 is 29.9 Å². The van der Waals surface area contributed by atoms with Gasteiger partial charge in [-0.15, -0.1) is 24.0 Å². The summed E-state index contributed by atoms with van der Waals surface area (Å²) in [7, 11) is 1.62. The Hall–Kier alpha value is -1.22. The molecule has 0 aliphatic carbocycles. The zero-order chi connectivity index (χ0) is 16.2. The minimum absolute atomic E-state index is 0. The van der Waals surface area contributed by atoms with Crippen molar-refractivity contribution in [3.8, 4) is 11.5 Å². The number of rotatable bonds is 10. The molecule has 0 amide bonds. The van der Waals surface area contributed by atoms with Crippen molar-refractivity contribution in [3.63, 3.8) is 0 Å². The maximum Gasteiger partial charge on any atom is 0.188 e. The summed E-state index contributed by atoms with van der Waals surface area (Å²) in [5.41, 5.74) is 5.80. The van der Waals surface area contributed by atoms with E-state index in [2.05, 4.69) is 10.3 Å². The molecule has 1 aromatic rings. The van der Waals surface area contributed by atoms with Gasteiger partial charge in [-0.2, -0.15) is 0 Å². The van der Waals surface area contributed by atoms with E-state index in [1.807, 2.05) is 38.1 Å². The number of guanidine groups is 1. The van der Waals surface area contributed by atoms with Crippen LogP contribution in [0.3, 0.4) is 0 Å². The molecule has 0 aliphatic rings. The smallest absolute Gasteiger partial charge is 0.188 e. The molecule has 132 valence electrons. The van der Waals surface area contributed by atoms with E-state index in [1.54, 1.807) is 7.11 Å². The second-order valence-electron chi connectivity index (χ2n) is 4.78. The molecule has 0 saturated heterocycles. The molecule has 23 heavy (non-hydrogen) atoms. The van der Waals surface area contributed by atoms with Gasteiger partial charge in [-0.1, -0.05) is 12.1 Å². The molecule has 3 N–H and O–H groups in total. The van der Waals surface area contributed by atoms with Gasteiger partial charge in [0.2, 0.25) is 0 Å². The van der Waals surface area contributed by atoms with Gasteiger partial charge in [-0.05, 0) is 32.4 Å². The summed E-state index contributed by atoms with van der Waals surface area (Å²) in [5.74, 6) is 1.84. The Bertz CT molecular complexity index is 458. The Kier molecular flexibility index (Phi) is 12.5. The van der Waals surface area contributed by atoms with Gasteiger partial charge in [-0.25, -0.2) is 4.99 Å². The number of aliphatic imine (C=N–C) groups is 1. The number of hydrogen-bond acceptors (Lipinski definition) is 4. The fraction of sp³-hybridized carbons (Fsp3) is 0.562. The van der Waals surface area contributed by atoms with Crippen LogP contribution in [0.1, 0.15) is 20.3 Å². The molecular weight excluding hydrogens is 409 g/mol. The van der Waals surface area contributed by atoms with Gasteiger partial charge in [0.1, 0.15) is 6.10 Å². The van der Waals surface area contributed by atoms with Crippen LogP contribution in [0.15, 0.2) is 29.3 Å². The Balaban J connectivity index is 0.00000484. The number of ether oxygens (including phenoxy) is 3. The van der Waals surface area contributed by atoms with Crippen LogP contribution >= 0.6 is 24.0 Å². The van der Waals surface area contributed by atoms with E-state index in [0.717, 1.165) is 26.2 Å². The summed E-state index contributed by atoms with van der Waals surface area (Å²) in [5, 5.41) is 3.05. The highest BCUT2D eigenvalue weighted by molar-refractivity contribution is 14.0. The van der Waals surface area contributed by atoms with E-state index >= 15 is 0 Å². The van der Waals surface area contributed by atoms with Crippen molar-refractivity contribution in [2.24, 2.45) is 10.7 Å². The average molecular weight is 437 g/mol. The van der Waals surface area contributed by atoms with Gasteiger partial charge in [-0.3, -0.25) is 0 Å². The lowest BCUT2D eigenvalue weighted by atomic mass is 10.3. The number of hydrogen-bond donors (Lipinski definition) is 2. The van der Waals surface area contributed by atoms with Gasteiger partial charge in [0.25, 0.3) is 0 Å². The van der Waals surface area contributed by atoms with Crippen molar-refractivity contribution in [2.45, 2.75) is 26.4 Å². The average Bonchev–Trinajstić information content (AvgIpc) is 2.53. The lowest BCUT2D eigenvalue weighted by Crippen LogP contribution is -2.34. The van der Waals surface area contributed by atoms with E-state index < -0.39 is 0 Å². The van der Waals surface area contributed by atoms with Crippen LogP contribution in [-0.2, 0) is 4.74 Å². The predicted octanol–water partition coefficient (Wildman–Crippen LogP) is 2.41. The van der Waals surface area contributed by atoms with Crippen molar-refractivity contribution in [1.29, 1.82) is 0 Å². The van der Waals surface area contributed by atoms with Crippen LogP contribution in [0.5, 0.6) is 11.5 Å². The summed E-state index contributed by atoms with van der Waals surface area (Å²) in [6, 6.07) is 7.54. The molecule has 0 aromatic heterocycles. The third kappa shape index (κ3) is 9.50. The first-order chi connectivity index (χ1) is 10.7. The molecule has 0 fully saturated rings. The Morgan fingerprint density at radius 3 is 2.65 bits per heavy atom. The standard InChI is InChI=1S/C16H27N3O3.HI/c1-4-21-11-7-10-18-16(17)19-12-13(2)22-15-9-6-5-8-14(15)20-3;/h5-6,8-9,13H,4,7,10-12H2,1-3H3,(H3,17,18,19);1H. The maximum absolute atomic E-state index is 5.81. The van der Waals surface area contributed by atoms with E-state index in [9.17, 15) is 0 Å². The number of methoxy groups -OCH3 is 1. The second-order valence-corrected chi connectivity index (χ2v) is 4.78. The van der Waals surface area contributed by atoms with Gasteiger partial charge >= 0.3 is 0 Å². The molecule has 1 rings (SSSR count). The van der Waals surface area contributed by atoms with Gasteiger partial charge in [0, 0.05) is 19.8 Å². The van der Waals surface area contributed by atoms with Gasteiger partial charge in [0.05, 0.1) is 13.7 Å². The second kappa shape index (κ2) is 13.2. The van der Waals surface area contributed by atoms with E-state index in [4.69, 9.17) is 19.9 Å². The van der Waals surface area contributed by atoms with E-state index in [0.29, 0.717) is 24.0 Å². The first-order valence-electron chi connectivity index (χ1n) is 7.58. The molecule has 1 aromatic carbocycles. The van der Waals surface area contributed by atoms with Crippen LogP contribution in [0, 0.1) is 0 Å². The summed E-state index contributed by atoms with van der Waals surface area (Å²) < 4.78 is 16.3. The summed E-state index contributed by atoms with van der Waals surface area (Å²) in [4.78, 5) is 4.27. The summed E-state index contributed by atoms with van der Waals surface area (Å²) in [6.45, 7) is 6.61. The number of para-hydroxylation sites is 2. The van der Waals surface area contributed by atoms with E-state index in [1.165, 1.54) is 0 Å². The largest absolute Gasteiger partial charge is 0.493 e. The summed E-state index contributed by atoms with van der Waals surface area (Å²) in [6.07, 6.45) is 0.803. The molecule has 1 unspecified atom stereocenters. The van der Waals surface area contributed by atoms with Crippen molar-refractivity contribution in [2.75, 3.05) is 33.4 Å². The maximum atomic E-state index is 5.81. The number of nitrogens with two attached hydrogens (primary N) is 1. The zero-order valence-electron chi connectivity index (χ0n) is 14.1. The quantitative estimate of drug-likeness (QED) is 0.255. The minimum atomic E-state index is -0.0972. The highest BCUT2D eigenvalue weighted by Gasteiger charge is 2.08. The van der Waals surface area contributed by atoms with Crippen LogP contribution in [0.4, 0.5) is 0 Å². The van der Waals surface area contributed by atoms with Crippen LogP contribution in [0.2, 0.25) is 0 Å². The first kappa shape index (κ1) is 21.8. The monoisotopic (exact) mass is 437 g/mol. The number of nitrogens with one attached hydrogen (secondary N) is 1. The van der Waals surface area contributed by atoms with E-state index in [-0.39, 0.29) is 30.1 Å². The van der Waals surface area contributed by atoms with Crippen molar-refractivity contribution < 1.29 is 14.2 Å². The number of benzene rings is 1. The van der Waals surface area contributed by atoms with Crippen LogP contribution in [-0.4, -0.2) is 45.5 Å². The molecule has 0 heterocycles. The molecule has 6 nitrogen and oxygen atoms in total. The number of nitrogens with zero attached hydrogens (tertiary/aromatic N) is 1. The third-order valence-corrected chi connectivity index (χ3v) is 2.89. The Morgan fingerprint density at radius 2 is 2.00 bits per heavy atom. The highest BCUT2D eigenvalue weighted by Crippen LogP contribution is 2.26. The lowest BCUT2D eigenvalue weighted by molar-refractivity contribution is 0.145. The molecule has 0 saturated carbocycles. The fourth-order valence-corrected chi connectivity index (χ4v) is 1.79. The molecular formula is C16H28IN3O3. The normalized spacial score (nSPS) is 12.2. The molecule has 0 spiro atoms. The molecule has 7 heteroatoms. The lowest BCUT2D eigenvalue weighted by Gasteiger charge is -2.15. The molecule has 0 bridgehead atoms. The Morgan fingerprint density at radius 1 is 1.30 bits per heavy atom. The van der Waals surface area contributed by atoms with Gasteiger partial charge < -0.3 is 25.3 Å². The third-order valence-electron chi connectivity index (χ3n) is 2.89. The highest BCUT2D eigenvalue weighted by atomic mass is 127. The summed E-state index contributed by atoms with van der Waals surface area (Å²) >= 11 is 0. The van der Waals surface area contributed by atoms with Crippen LogP contribution < -0.4 is 20.5 Å². The topological polar surface area (TPSA) is 78.1 Å². The molecule has 0 radical (unpaired) electrons. The number of halogens is 1. The molecule has 1 atom stereocenters.